The van der Waals surface area contributed by atoms with E-state index in [2.05, 4.69) is 15.2 Å². The second-order valence-electron chi connectivity index (χ2n) is 6.89. The summed E-state index contributed by atoms with van der Waals surface area (Å²) in [6, 6.07) is 14.1. The topological polar surface area (TPSA) is 101 Å². The fourth-order valence-corrected chi connectivity index (χ4v) is 4.11. The number of H-pyrrole nitrogens is 1. The molecule has 0 unspecified atom stereocenters. The van der Waals surface area contributed by atoms with Gasteiger partial charge in [-0.25, -0.2) is 9.78 Å². The maximum absolute atomic E-state index is 11.9. The number of hydrogen-bond acceptors (Lipinski definition) is 6. The highest BCUT2D eigenvalue weighted by atomic mass is 35.5. The van der Waals surface area contributed by atoms with Crippen molar-refractivity contribution in [2.24, 2.45) is 0 Å². The van der Waals surface area contributed by atoms with Gasteiger partial charge in [-0.2, -0.15) is 0 Å². The summed E-state index contributed by atoms with van der Waals surface area (Å²) in [4.78, 5) is 16.2. The van der Waals surface area contributed by atoms with Crippen LogP contribution >= 0.6 is 35.0 Å². The number of hydrogen-bond donors (Lipinski definition) is 2. The lowest BCUT2D eigenvalue weighted by Crippen LogP contribution is -1.97. The fourth-order valence-electron chi connectivity index (χ4n) is 3.08. The Morgan fingerprint density at radius 2 is 1.85 bits per heavy atom. The van der Waals surface area contributed by atoms with Crippen LogP contribution in [-0.4, -0.2) is 33.4 Å². The summed E-state index contributed by atoms with van der Waals surface area (Å²) in [6.07, 6.45) is 1.42. The predicted octanol–water partition coefficient (Wildman–Crippen LogP) is 6.57. The minimum absolute atomic E-state index is 0.0117. The summed E-state index contributed by atoms with van der Waals surface area (Å²) in [7, 11) is 1.53. The average Bonchev–Trinajstić information content (AvgIpc) is 3.44. The Labute approximate surface area is 203 Å². The van der Waals surface area contributed by atoms with E-state index < -0.39 is 5.97 Å². The Bertz CT molecular complexity index is 1360. The zero-order valence-electron chi connectivity index (χ0n) is 17.4. The van der Waals surface area contributed by atoms with Crippen LogP contribution in [0.1, 0.15) is 11.3 Å². The van der Waals surface area contributed by atoms with E-state index in [1.54, 1.807) is 42.5 Å². The molecule has 0 saturated heterocycles. The second kappa shape index (κ2) is 9.74. The molecule has 0 spiro atoms. The number of aromatic nitrogens is 3. The molecule has 0 saturated carbocycles. The third kappa shape index (κ3) is 5.24. The van der Waals surface area contributed by atoms with Crippen molar-refractivity contribution in [3.8, 4) is 28.5 Å². The van der Waals surface area contributed by atoms with Crippen molar-refractivity contribution in [2.45, 2.75) is 12.1 Å². The molecular formula is C23H17Cl2N3O4S. The standard InChI is InChI=1S/C23H17Cl2N3O4S/c1-12-3-4-13(24)9-16(12)19-8-6-15(32-19)11-20(22(29)30)33-23-26-21(27-28-23)17-10-14(25)5-7-18(17)31-2/h3-11H,1-2H3,(H,29,30)(H,26,27,28)/b20-11-. The van der Waals surface area contributed by atoms with Gasteiger partial charge in [0.05, 0.1) is 12.7 Å². The number of aryl methyl sites for hydroxylation is 1. The molecule has 0 amide bonds. The normalized spacial score (nSPS) is 11.6. The molecule has 0 aliphatic heterocycles. The number of rotatable bonds is 7. The van der Waals surface area contributed by atoms with E-state index in [1.165, 1.54) is 13.2 Å². The van der Waals surface area contributed by atoms with Crippen molar-refractivity contribution < 1.29 is 19.1 Å². The number of ether oxygens (including phenoxy) is 1. The van der Waals surface area contributed by atoms with Crippen LogP contribution in [0.15, 0.2) is 63.0 Å². The van der Waals surface area contributed by atoms with Gasteiger partial charge in [-0.1, -0.05) is 29.3 Å². The molecule has 2 aromatic carbocycles. The molecule has 4 rings (SSSR count). The number of thioether (sulfide) groups is 1. The molecule has 10 heteroatoms. The monoisotopic (exact) mass is 501 g/mol. The maximum atomic E-state index is 11.9. The van der Waals surface area contributed by atoms with Gasteiger partial charge in [-0.15, -0.1) is 5.10 Å². The van der Waals surface area contributed by atoms with E-state index in [4.69, 9.17) is 32.4 Å². The Balaban J connectivity index is 1.60. The summed E-state index contributed by atoms with van der Waals surface area (Å²) < 4.78 is 11.2. The van der Waals surface area contributed by atoms with E-state index in [0.717, 1.165) is 22.9 Å². The number of aliphatic carboxylic acids is 1. The molecule has 0 atom stereocenters. The Morgan fingerprint density at radius 3 is 2.58 bits per heavy atom. The number of carbonyl (C=O) groups is 1. The van der Waals surface area contributed by atoms with Crippen LogP contribution in [0.2, 0.25) is 10.0 Å². The first-order valence-corrected chi connectivity index (χ1v) is 11.2. The van der Waals surface area contributed by atoms with Crippen molar-refractivity contribution in [1.82, 2.24) is 15.2 Å². The predicted molar refractivity (Wildman–Crippen MR) is 129 cm³/mol. The highest BCUT2D eigenvalue weighted by Crippen LogP contribution is 2.34. The van der Waals surface area contributed by atoms with Crippen molar-refractivity contribution >= 4 is 47.0 Å². The van der Waals surface area contributed by atoms with Gasteiger partial charge in [0.15, 0.2) is 5.82 Å². The van der Waals surface area contributed by atoms with Crippen LogP contribution in [0.25, 0.3) is 28.8 Å². The lowest BCUT2D eigenvalue weighted by molar-refractivity contribution is -0.131. The SMILES string of the molecule is COc1ccc(Cl)cc1-c1nc(S/C(=C\c2ccc(-c3cc(Cl)ccc3C)o2)C(=O)O)n[nH]1. The minimum atomic E-state index is -1.14. The Kier molecular flexibility index (Phi) is 6.78. The lowest BCUT2D eigenvalue weighted by atomic mass is 10.1. The van der Waals surface area contributed by atoms with Crippen LogP contribution in [0.4, 0.5) is 0 Å². The summed E-state index contributed by atoms with van der Waals surface area (Å²) in [6.45, 7) is 1.94. The smallest absolute Gasteiger partial charge is 0.342 e. The Hall–Kier alpha value is -3.20. The zero-order chi connectivity index (χ0) is 23.5. The summed E-state index contributed by atoms with van der Waals surface area (Å²) in [5, 5.41) is 17.9. The van der Waals surface area contributed by atoms with E-state index in [0.29, 0.717) is 38.7 Å². The Morgan fingerprint density at radius 1 is 1.12 bits per heavy atom. The van der Waals surface area contributed by atoms with Crippen LogP contribution in [0.3, 0.4) is 0 Å². The minimum Gasteiger partial charge on any atom is -0.496 e. The third-order valence-electron chi connectivity index (χ3n) is 4.66. The van der Waals surface area contributed by atoms with Gasteiger partial charge >= 0.3 is 5.97 Å². The van der Waals surface area contributed by atoms with Gasteiger partial charge in [0, 0.05) is 21.7 Å². The molecule has 2 heterocycles. The molecule has 2 aromatic heterocycles. The largest absolute Gasteiger partial charge is 0.496 e. The van der Waals surface area contributed by atoms with Gasteiger partial charge in [0.2, 0.25) is 5.16 Å². The van der Waals surface area contributed by atoms with Crippen molar-refractivity contribution in [3.05, 3.63) is 74.8 Å². The van der Waals surface area contributed by atoms with Gasteiger partial charge < -0.3 is 14.3 Å². The van der Waals surface area contributed by atoms with Gasteiger partial charge in [0.25, 0.3) is 0 Å². The highest BCUT2D eigenvalue weighted by molar-refractivity contribution is 8.04. The van der Waals surface area contributed by atoms with Crippen LogP contribution in [0, 0.1) is 6.92 Å². The first kappa shape index (κ1) is 23.0. The molecule has 0 aliphatic rings. The van der Waals surface area contributed by atoms with Gasteiger partial charge in [0.1, 0.15) is 22.2 Å². The summed E-state index contributed by atoms with van der Waals surface area (Å²) in [5.74, 6) is 0.785. The first-order chi connectivity index (χ1) is 15.8. The average molecular weight is 502 g/mol. The molecule has 0 fully saturated rings. The quantitative estimate of drug-likeness (QED) is 0.218. The number of carboxylic acid groups (broad SMARTS) is 1. The van der Waals surface area contributed by atoms with E-state index >= 15 is 0 Å². The van der Waals surface area contributed by atoms with Crippen LogP contribution in [-0.2, 0) is 4.79 Å². The molecule has 4 aromatic rings. The number of methoxy groups -OCH3 is 1. The molecule has 2 N–H and O–H groups in total. The highest BCUT2D eigenvalue weighted by Gasteiger charge is 2.17. The number of aromatic amines is 1. The second-order valence-corrected chi connectivity index (χ2v) is 8.77. The van der Waals surface area contributed by atoms with Crippen molar-refractivity contribution in [3.63, 3.8) is 0 Å². The first-order valence-electron chi connectivity index (χ1n) is 9.59. The number of nitrogens with one attached hydrogen (secondary N) is 1. The molecule has 0 aliphatic carbocycles. The van der Waals surface area contributed by atoms with E-state index in [-0.39, 0.29) is 10.1 Å². The number of nitrogens with zero attached hydrogens (tertiary/aromatic N) is 2. The van der Waals surface area contributed by atoms with E-state index in [9.17, 15) is 9.90 Å². The number of benzene rings is 2. The number of halogens is 2. The van der Waals surface area contributed by atoms with E-state index in [1.807, 2.05) is 13.0 Å². The van der Waals surface area contributed by atoms with Crippen molar-refractivity contribution in [2.75, 3.05) is 7.11 Å². The maximum Gasteiger partial charge on any atom is 0.342 e. The van der Waals surface area contributed by atoms with Gasteiger partial charge in [-0.05, 0) is 66.7 Å². The molecule has 33 heavy (non-hydrogen) atoms. The number of furan rings is 1. The molecule has 168 valence electrons. The van der Waals surface area contributed by atoms with Crippen LogP contribution in [0.5, 0.6) is 5.75 Å². The third-order valence-corrected chi connectivity index (χ3v) is 6.01. The van der Waals surface area contributed by atoms with Crippen LogP contribution < -0.4 is 4.74 Å². The van der Waals surface area contributed by atoms with Gasteiger partial charge in [-0.3, -0.25) is 5.10 Å². The molecule has 0 radical (unpaired) electrons. The lowest BCUT2D eigenvalue weighted by Gasteiger charge is -2.05. The van der Waals surface area contributed by atoms with Crippen molar-refractivity contribution in [1.29, 1.82) is 0 Å². The zero-order valence-corrected chi connectivity index (χ0v) is 19.8. The molecular weight excluding hydrogens is 485 g/mol. The summed E-state index contributed by atoms with van der Waals surface area (Å²) >= 11 is 13.1. The summed E-state index contributed by atoms with van der Waals surface area (Å²) in [5.41, 5.74) is 2.43. The number of carboxylic acids is 1. The molecule has 0 bridgehead atoms. The molecule has 7 nitrogen and oxygen atoms in total. The fraction of sp³-hybridized carbons (Fsp3) is 0.0870.